The van der Waals surface area contributed by atoms with E-state index in [9.17, 15) is 5.11 Å². The SMILES string of the molecule is C#CC#CC#CC[C@@H](O)CCOC[C@H](CO)N=[N+]=[N-]. The normalized spacial score (nSPS) is 11.6. The first-order valence-electron chi connectivity index (χ1n) is 5.59. The monoisotopic (exact) mass is 261 g/mol. The van der Waals surface area contributed by atoms with Gasteiger partial charge in [-0.15, -0.1) is 6.42 Å². The Bertz CT molecular complexity index is 455. The first-order chi connectivity index (χ1) is 9.24. The number of ether oxygens (including phenoxy) is 1. The van der Waals surface area contributed by atoms with Crippen LogP contribution < -0.4 is 0 Å². The fraction of sp³-hybridized carbons (Fsp3) is 0.538. The van der Waals surface area contributed by atoms with Crippen molar-refractivity contribution >= 4 is 0 Å². The van der Waals surface area contributed by atoms with Gasteiger partial charge in [0.15, 0.2) is 0 Å². The highest BCUT2D eigenvalue weighted by Gasteiger charge is 2.06. The Labute approximate surface area is 112 Å². The lowest BCUT2D eigenvalue weighted by Gasteiger charge is -2.10. The van der Waals surface area contributed by atoms with E-state index in [0.29, 0.717) is 6.42 Å². The minimum atomic E-state index is -0.618. The third kappa shape index (κ3) is 10.7. The number of rotatable bonds is 8. The maximum absolute atomic E-state index is 9.53. The van der Waals surface area contributed by atoms with E-state index in [-0.39, 0.29) is 26.2 Å². The molecule has 0 amide bonds. The molecule has 19 heavy (non-hydrogen) atoms. The quantitative estimate of drug-likeness (QED) is 0.218. The molecule has 6 nitrogen and oxygen atoms in total. The highest BCUT2D eigenvalue weighted by molar-refractivity contribution is 5.33. The number of aliphatic hydroxyl groups excluding tert-OH is 2. The Hall–Kier alpha value is -2.13. The van der Waals surface area contributed by atoms with Gasteiger partial charge in [-0.1, -0.05) is 11.0 Å². The van der Waals surface area contributed by atoms with Crippen LogP contribution in [0.3, 0.4) is 0 Å². The summed E-state index contributed by atoms with van der Waals surface area (Å²) in [6.45, 7) is 0.134. The molecule has 0 aliphatic heterocycles. The zero-order valence-electron chi connectivity index (χ0n) is 10.4. The summed E-state index contributed by atoms with van der Waals surface area (Å²) < 4.78 is 5.17. The molecule has 0 aromatic carbocycles. The van der Waals surface area contributed by atoms with Gasteiger partial charge in [0.2, 0.25) is 0 Å². The van der Waals surface area contributed by atoms with Gasteiger partial charge in [-0.25, -0.2) is 0 Å². The summed E-state index contributed by atoms with van der Waals surface area (Å²) >= 11 is 0. The van der Waals surface area contributed by atoms with E-state index in [1.54, 1.807) is 0 Å². The largest absolute Gasteiger partial charge is 0.396 e. The number of aliphatic hydroxyl groups is 2. The lowest BCUT2D eigenvalue weighted by Crippen LogP contribution is -2.19. The van der Waals surface area contributed by atoms with E-state index in [4.69, 9.17) is 21.8 Å². The zero-order chi connectivity index (χ0) is 14.3. The van der Waals surface area contributed by atoms with Gasteiger partial charge >= 0.3 is 0 Å². The van der Waals surface area contributed by atoms with E-state index in [2.05, 4.69) is 39.6 Å². The molecule has 0 aliphatic carbocycles. The molecule has 0 radical (unpaired) electrons. The van der Waals surface area contributed by atoms with Crippen LogP contribution in [-0.2, 0) is 4.74 Å². The molecule has 100 valence electrons. The van der Waals surface area contributed by atoms with Crippen LogP contribution in [-0.4, -0.2) is 42.2 Å². The van der Waals surface area contributed by atoms with Crippen molar-refractivity contribution in [2.24, 2.45) is 5.11 Å². The second kappa shape index (κ2) is 12.3. The van der Waals surface area contributed by atoms with Crippen molar-refractivity contribution in [2.45, 2.75) is 25.0 Å². The van der Waals surface area contributed by atoms with Crippen molar-refractivity contribution in [3.05, 3.63) is 10.4 Å². The molecule has 0 saturated carbocycles. The van der Waals surface area contributed by atoms with Crippen LogP contribution in [0.25, 0.3) is 10.4 Å². The molecule has 0 rings (SSSR count). The van der Waals surface area contributed by atoms with Crippen molar-refractivity contribution in [3.8, 4) is 36.0 Å². The maximum Gasteiger partial charge on any atom is 0.0838 e. The lowest BCUT2D eigenvalue weighted by atomic mass is 10.2. The highest BCUT2D eigenvalue weighted by Crippen LogP contribution is 1.99. The maximum atomic E-state index is 9.53. The summed E-state index contributed by atoms with van der Waals surface area (Å²) in [7, 11) is 0. The van der Waals surface area contributed by atoms with Crippen LogP contribution in [0.1, 0.15) is 12.8 Å². The molecule has 0 heterocycles. The lowest BCUT2D eigenvalue weighted by molar-refractivity contribution is 0.0676. The number of hydrogen-bond donors (Lipinski definition) is 2. The summed E-state index contributed by atoms with van der Waals surface area (Å²) in [4.78, 5) is 2.58. The highest BCUT2D eigenvalue weighted by atomic mass is 16.5. The Balaban J connectivity index is 3.73. The minimum absolute atomic E-state index is 0.118. The van der Waals surface area contributed by atoms with E-state index >= 15 is 0 Å². The Morgan fingerprint density at radius 1 is 1.37 bits per heavy atom. The molecule has 0 bridgehead atoms. The van der Waals surface area contributed by atoms with Crippen LogP contribution in [0.4, 0.5) is 0 Å². The van der Waals surface area contributed by atoms with Gasteiger partial charge in [0.25, 0.3) is 0 Å². The van der Waals surface area contributed by atoms with E-state index in [1.165, 1.54) is 0 Å². The Morgan fingerprint density at radius 3 is 2.79 bits per heavy atom. The standard InChI is InChI=1S/C13H15N3O3/c1-2-3-4-5-6-7-13(18)8-9-19-11-12(10-17)15-16-14/h1,12-13,17-18H,7-11H2/t12-,13+/m0/s1. The molecule has 0 aromatic rings. The summed E-state index contributed by atoms with van der Waals surface area (Å²) in [5.74, 6) is 12.1. The third-order valence-electron chi connectivity index (χ3n) is 1.95. The average molecular weight is 261 g/mol. The van der Waals surface area contributed by atoms with Crippen molar-refractivity contribution in [1.82, 2.24) is 0 Å². The second-order valence-corrected chi connectivity index (χ2v) is 3.46. The van der Waals surface area contributed by atoms with Gasteiger partial charge < -0.3 is 14.9 Å². The van der Waals surface area contributed by atoms with Gasteiger partial charge in [-0.2, -0.15) is 0 Å². The van der Waals surface area contributed by atoms with E-state index in [0.717, 1.165) is 0 Å². The smallest absolute Gasteiger partial charge is 0.0838 e. The van der Waals surface area contributed by atoms with Crippen molar-refractivity contribution < 1.29 is 14.9 Å². The number of azide groups is 1. The van der Waals surface area contributed by atoms with Gasteiger partial charge in [-0.05, 0) is 35.6 Å². The molecule has 0 aromatic heterocycles. The van der Waals surface area contributed by atoms with Gasteiger partial charge in [0, 0.05) is 17.9 Å². The summed E-state index contributed by atoms with van der Waals surface area (Å²) in [5, 5.41) is 21.7. The first-order valence-corrected chi connectivity index (χ1v) is 5.59. The topological polar surface area (TPSA) is 98.5 Å². The molecule has 0 spiro atoms. The zero-order valence-corrected chi connectivity index (χ0v) is 10.4. The summed E-state index contributed by atoms with van der Waals surface area (Å²) in [6.07, 6.45) is 4.96. The third-order valence-corrected chi connectivity index (χ3v) is 1.95. The Morgan fingerprint density at radius 2 is 2.16 bits per heavy atom. The average Bonchev–Trinajstić information content (AvgIpc) is 2.42. The number of nitrogens with zero attached hydrogens (tertiary/aromatic N) is 3. The molecule has 0 aliphatic rings. The van der Waals surface area contributed by atoms with Crippen molar-refractivity contribution in [1.29, 1.82) is 0 Å². The summed E-state index contributed by atoms with van der Waals surface area (Å²) in [5.41, 5.74) is 8.18. The van der Waals surface area contributed by atoms with E-state index < -0.39 is 12.1 Å². The molecule has 2 atom stereocenters. The molecule has 0 fully saturated rings. The van der Waals surface area contributed by atoms with E-state index in [1.807, 2.05) is 0 Å². The predicted octanol–water partition coefficient (Wildman–Crippen LogP) is 0.455. The van der Waals surface area contributed by atoms with Gasteiger partial charge in [-0.3, -0.25) is 0 Å². The molecular formula is C13H15N3O3. The molecule has 0 saturated heterocycles. The van der Waals surface area contributed by atoms with Crippen molar-refractivity contribution in [3.63, 3.8) is 0 Å². The Kier molecular flexibility index (Phi) is 10.9. The number of hydrogen-bond acceptors (Lipinski definition) is 4. The molecule has 2 N–H and O–H groups in total. The van der Waals surface area contributed by atoms with Crippen LogP contribution in [0, 0.1) is 36.0 Å². The van der Waals surface area contributed by atoms with Crippen molar-refractivity contribution in [2.75, 3.05) is 19.8 Å². The first kappa shape index (κ1) is 16.9. The number of terminal acetylenes is 1. The van der Waals surface area contributed by atoms with Gasteiger partial charge in [0.1, 0.15) is 0 Å². The predicted molar refractivity (Wildman–Crippen MR) is 70.5 cm³/mol. The minimum Gasteiger partial charge on any atom is -0.396 e. The fourth-order valence-electron chi connectivity index (χ4n) is 1.02. The molecule has 6 heteroatoms. The molecular weight excluding hydrogens is 246 g/mol. The van der Waals surface area contributed by atoms with Crippen LogP contribution in [0.5, 0.6) is 0 Å². The summed E-state index contributed by atoms with van der Waals surface area (Å²) in [6, 6.07) is -0.596. The van der Waals surface area contributed by atoms with Crippen LogP contribution >= 0.6 is 0 Å². The van der Waals surface area contributed by atoms with Crippen LogP contribution in [0.2, 0.25) is 0 Å². The van der Waals surface area contributed by atoms with Gasteiger partial charge in [0.05, 0.1) is 25.4 Å². The fourth-order valence-corrected chi connectivity index (χ4v) is 1.02. The van der Waals surface area contributed by atoms with Crippen LogP contribution in [0.15, 0.2) is 5.11 Å². The molecule has 0 unspecified atom stereocenters. The second-order valence-electron chi connectivity index (χ2n) is 3.46.